The molecule has 2 aromatic carbocycles. The Morgan fingerprint density at radius 3 is 2.50 bits per heavy atom. The number of azo groups is 1. The smallest absolute Gasteiger partial charge is 0.111 e. The summed E-state index contributed by atoms with van der Waals surface area (Å²) in [7, 11) is 0. The topological polar surface area (TPSA) is 40.5 Å². The number of para-hydroxylation sites is 1. The van der Waals surface area contributed by atoms with E-state index in [9.17, 15) is 0 Å². The summed E-state index contributed by atoms with van der Waals surface area (Å²) in [6, 6.07) is 16.1. The molecule has 0 aliphatic carbocycles. The molecule has 0 bridgehead atoms. The molecular weight excluding hydrogens is 222 g/mol. The van der Waals surface area contributed by atoms with E-state index in [1.165, 1.54) is 5.56 Å². The van der Waals surface area contributed by atoms with Crippen LogP contribution in [0.2, 0.25) is 0 Å². The number of aromatic nitrogens is 1. The maximum Gasteiger partial charge on any atom is 0.111 e. The SMILES string of the molecule is Cc1ccc(N=Nc2c[nH]c3ccccc23)cc1. The highest BCUT2D eigenvalue weighted by atomic mass is 15.1. The molecule has 0 atom stereocenters. The Hall–Kier alpha value is -2.42. The van der Waals surface area contributed by atoms with Gasteiger partial charge in [0.15, 0.2) is 0 Å². The second kappa shape index (κ2) is 4.45. The highest BCUT2D eigenvalue weighted by Crippen LogP contribution is 2.27. The summed E-state index contributed by atoms with van der Waals surface area (Å²) in [5.74, 6) is 0. The summed E-state index contributed by atoms with van der Waals surface area (Å²) in [6.45, 7) is 2.06. The van der Waals surface area contributed by atoms with Crippen molar-refractivity contribution in [2.24, 2.45) is 10.2 Å². The van der Waals surface area contributed by atoms with Crippen molar-refractivity contribution in [1.82, 2.24) is 4.98 Å². The first-order valence-corrected chi connectivity index (χ1v) is 5.87. The molecule has 88 valence electrons. The maximum absolute atomic E-state index is 4.29. The molecule has 1 heterocycles. The Morgan fingerprint density at radius 2 is 1.67 bits per heavy atom. The molecule has 1 aromatic heterocycles. The highest BCUT2D eigenvalue weighted by molar-refractivity contribution is 5.90. The van der Waals surface area contributed by atoms with Crippen LogP contribution in [-0.2, 0) is 0 Å². The lowest BCUT2D eigenvalue weighted by atomic mass is 10.2. The Labute approximate surface area is 105 Å². The largest absolute Gasteiger partial charge is 0.359 e. The number of fused-ring (bicyclic) bond motifs is 1. The van der Waals surface area contributed by atoms with E-state index in [-0.39, 0.29) is 0 Å². The Morgan fingerprint density at radius 1 is 0.889 bits per heavy atom. The van der Waals surface area contributed by atoms with Crippen molar-refractivity contribution < 1.29 is 0 Å². The fourth-order valence-corrected chi connectivity index (χ4v) is 1.86. The van der Waals surface area contributed by atoms with Gasteiger partial charge in [0, 0.05) is 17.1 Å². The minimum absolute atomic E-state index is 0.867. The van der Waals surface area contributed by atoms with E-state index in [1.807, 2.05) is 54.7 Å². The quantitative estimate of drug-likeness (QED) is 0.614. The maximum atomic E-state index is 4.29. The van der Waals surface area contributed by atoms with Gasteiger partial charge in [-0.2, -0.15) is 5.11 Å². The molecule has 0 amide bonds. The van der Waals surface area contributed by atoms with E-state index < -0.39 is 0 Å². The van der Waals surface area contributed by atoms with E-state index in [0.717, 1.165) is 22.3 Å². The van der Waals surface area contributed by atoms with Crippen molar-refractivity contribution >= 4 is 22.3 Å². The highest BCUT2D eigenvalue weighted by Gasteiger charge is 2.00. The molecule has 3 aromatic rings. The number of aryl methyl sites for hydroxylation is 1. The van der Waals surface area contributed by atoms with E-state index in [2.05, 4.69) is 22.1 Å². The summed E-state index contributed by atoms with van der Waals surface area (Å²) in [4.78, 5) is 3.18. The molecule has 0 spiro atoms. The van der Waals surface area contributed by atoms with Crippen molar-refractivity contribution in [3.63, 3.8) is 0 Å². The fourth-order valence-electron chi connectivity index (χ4n) is 1.86. The molecule has 0 saturated heterocycles. The van der Waals surface area contributed by atoms with Gasteiger partial charge >= 0.3 is 0 Å². The minimum atomic E-state index is 0.867. The molecule has 3 nitrogen and oxygen atoms in total. The van der Waals surface area contributed by atoms with Gasteiger partial charge in [0.2, 0.25) is 0 Å². The number of aromatic amines is 1. The molecular formula is C15H13N3. The molecule has 0 radical (unpaired) electrons. The summed E-state index contributed by atoms with van der Waals surface area (Å²) in [5.41, 5.74) is 4.04. The van der Waals surface area contributed by atoms with Crippen molar-refractivity contribution in [2.75, 3.05) is 0 Å². The fraction of sp³-hybridized carbons (Fsp3) is 0.0667. The van der Waals surface area contributed by atoms with Gasteiger partial charge in [0.1, 0.15) is 5.69 Å². The monoisotopic (exact) mass is 235 g/mol. The van der Waals surface area contributed by atoms with Gasteiger partial charge in [-0.15, -0.1) is 5.11 Å². The average Bonchev–Trinajstić information content (AvgIpc) is 2.82. The molecule has 3 heteroatoms. The summed E-state index contributed by atoms with van der Waals surface area (Å²) in [5, 5.41) is 9.62. The van der Waals surface area contributed by atoms with Crippen molar-refractivity contribution in [2.45, 2.75) is 6.92 Å². The van der Waals surface area contributed by atoms with E-state index in [1.54, 1.807) is 0 Å². The second-order valence-electron chi connectivity index (χ2n) is 4.26. The lowest BCUT2D eigenvalue weighted by Gasteiger charge is -1.93. The van der Waals surface area contributed by atoms with Crippen LogP contribution in [0.3, 0.4) is 0 Å². The number of hydrogen-bond donors (Lipinski definition) is 1. The first-order valence-electron chi connectivity index (χ1n) is 5.87. The third-order valence-corrected chi connectivity index (χ3v) is 2.87. The Bertz CT molecular complexity index is 693. The lowest BCUT2D eigenvalue weighted by Crippen LogP contribution is -1.68. The van der Waals surface area contributed by atoms with Gasteiger partial charge in [-0.05, 0) is 25.1 Å². The molecule has 18 heavy (non-hydrogen) atoms. The normalized spacial score (nSPS) is 11.4. The molecule has 0 saturated carbocycles. The van der Waals surface area contributed by atoms with Crippen LogP contribution in [0, 0.1) is 6.92 Å². The van der Waals surface area contributed by atoms with Crippen LogP contribution in [0.15, 0.2) is 65.0 Å². The number of benzene rings is 2. The summed E-state index contributed by atoms with van der Waals surface area (Å²) in [6.07, 6.45) is 1.88. The second-order valence-corrected chi connectivity index (χ2v) is 4.26. The molecule has 0 unspecified atom stereocenters. The van der Waals surface area contributed by atoms with Gasteiger partial charge in [0.05, 0.1) is 5.69 Å². The standard InChI is InChI=1S/C15H13N3/c1-11-6-8-12(9-7-11)17-18-15-10-16-14-5-3-2-4-13(14)15/h2-10,16H,1H3. The van der Waals surface area contributed by atoms with Crippen molar-refractivity contribution in [1.29, 1.82) is 0 Å². The van der Waals surface area contributed by atoms with Crippen LogP contribution < -0.4 is 0 Å². The van der Waals surface area contributed by atoms with Gasteiger partial charge in [0.25, 0.3) is 0 Å². The van der Waals surface area contributed by atoms with Crippen molar-refractivity contribution in [3.05, 3.63) is 60.3 Å². The van der Waals surface area contributed by atoms with Gasteiger partial charge in [-0.3, -0.25) is 0 Å². The first-order chi connectivity index (χ1) is 8.83. The third kappa shape index (κ3) is 2.02. The number of H-pyrrole nitrogens is 1. The minimum Gasteiger partial charge on any atom is -0.359 e. The number of rotatable bonds is 2. The molecule has 0 fully saturated rings. The van der Waals surface area contributed by atoms with Crippen LogP contribution in [0.4, 0.5) is 11.4 Å². The van der Waals surface area contributed by atoms with Crippen molar-refractivity contribution in [3.8, 4) is 0 Å². The zero-order chi connectivity index (χ0) is 12.4. The average molecular weight is 235 g/mol. The van der Waals surface area contributed by atoms with Crippen LogP contribution in [0.25, 0.3) is 10.9 Å². The zero-order valence-electron chi connectivity index (χ0n) is 10.1. The molecule has 1 N–H and O–H groups in total. The van der Waals surface area contributed by atoms with Gasteiger partial charge in [-0.25, -0.2) is 0 Å². The Kier molecular flexibility index (Phi) is 2.65. The van der Waals surface area contributed by atoms with Gasteiger partial charge in [-0.1, -0.05) is 35.9 Å². The van der Waals surface area contributed by atoms with Gasteiger partial charge < -0.3 is 4.98 Å². The summed E-state index contributed by atoms with van der Waals surface area (Å²) < 4.78 is 0. The van der Waals surface area contributed by atoms with Crippen LogP contribution in [0.1, 0.15) is 5.56 Å². The predicted octanol–water partition coefficient (Wildman–Crippen LogP) is 4.89. The molecule has 0 aliphatic heterocycles. The first kappa shape index (κ1) is 10.7. The summed E-state index contributed by atoms with van der Waals surface area (Å²) >= 11 is 0. The van der Waals surface area contributed by atoms with Crippen LogP contribution >= 0.6 is 0 Å². The predicted molar refractivity (Wildman–Crippen MR) is 73.7 cm³/mol. The number of nitrogens with zero attached hydrogens (tertiary/aromatic N) is 2. The Balaban J connectivity index is 1.94. The van der Waals surface area contributed by atoms with E-state index in [4.69, 9.17) is 0 Å². The van der Waals surface area contributed by atoms with E-state index in [0.29, 0.717) is 0 Å². The molecule has 3 rings (SSSR count). The van der Waals surface area contributed by atoms with Crippen LogP contribution in [0.5, 0.6) is 0 Å². The van der Waals surface area contributed by atoms with E-state index >= 15 is 0 Å². The number of nitrogens with one attached hydrogen (secondary N) is 1. The zero-order valence-corrected chi connectivity index (χ0v) is 10.1. The molecule has 0 aliphatic rings. The third-order valence-electron chi connectivity index (χ3n) is 2.87. The number of hydrogen-bond acceptors (Lipinski definition) is 2. The lowest BCUT2D eigenvalue weighted by molar-refractivity contribution is 1.23. The van der Waals surface area contributed by atoms with Crippen LogP contribution in [-0.4, -0.2) is 4.98 Å².